The van der Waals surface area contributed by atoms with Gasteiger partial charge in [-0.05, 0) is 45.4 Å². The number of carbonyl (C=O) groups is 2. The van der Waals surface area contributed by atoms with Crippen molar-refractivity contribution in [2.75, 3.05) is 13.2 Å². The van der Waals surface area contributed by atoms with E-state index in [4.69, 9.17) is 9.47 Å². The lowest BCUT2D eigenvalue weighted by Crippen LogP contribution is -2.36. The fourth-order valence-corrected chi connectivity index (χ4v) is 2.10. The molecule has 1 atom stereocenters. The molecule has 0 aliphatic heterocycles. The Hall–Kier alpha value is -2.30. The minimum atomic E-state index is -5.09. The topological polar surface area (TPSA) is 61.8 Å². The Bertz CT molecular complexity index is 725. The fourth-order valence-electron chi connectivity index (χ4n) is 2.10. The maximum absolute atomic E-state index is 12.8. The number of benzene rings is 1. The fraction of sp³-hybridized carbons (Fsp3) is 0.579. The average molecular weight is 444 g/mol. The highest BCUT2D eigenvalue weighted by Gasteiger charge is 2.38. The summed E-state index contributed by atoms with van der Waals surface area (Å²) in [7, 11) is 0. The van der Waals surface area contributed by atoms with Crippen LogP contribution in [-0.2, 0) is 31.4 Å². The molecule has 170 valence electrons. The highest BCUT2D eigenvalue weighted by molar-refractivity contribution is 5.81. The second-order valence-corrected chi connectivity index (χ2v) is 7.07. The van der Waals surface area contributed by atoms with E-state index in [0.717, 1.165) is 0 Å². The van der Waals surface area contributed by atoms with Crippen LogP contribution in [0, 0.1) is 5.41 Å². The molecule has 5 nitrogen and oxygen atoms in total. The lowest BCUT2D eigenvalue weighted by molar-refractivity contribution is -0.165. The Kier molecular flexibility index (Phi) is 8.30. The van der Waals surface area contributed by atoms with Crippen molar-refractivity contribution in [1.29, 1.82) is 0 Å². The zero-order valence-corrected chi connectivity index (χ0v) is 16.7. The molecule has 0 saturated carbocycles. The Morgan fingerprint density at radius 1 is 0.967 bits per heavy atom. The third kappa shape index (κ3) is 7.51. The first kappa shape index (κ1) is 25.7. The van der Waals surface area contributed by atoms with E-state index in [-0.39, 0.29) is 30.9 Å². The van der Waals surface area contributed by atoms with Gasteiger partial charge in [0.1, 0.15) is 5.75 Å². The number of ether oxygens (including phenoxy) is 3. The monoisotopic (exact) mass is 444 g/mol. The van der Waals surface area contributed by atoms with E-state index >= 15 is 0 Å². The molecule has 0 aliphatic rings. The van der Waals surface area contributed by atoms with Crippen molar-refractivity contribution in [3.05, 3.63) is 29.3 Å². The number of hydrogen-bond donors (Lipinski definition) is 0. The SMILES string of the molecule is CCC(C)(COC(C)C)C(=O)OCC(=O)Oc1cc(C(F)(F)F)cc(C(F)(F)F)c1. The third-order valence-corrected chi connectivity index (χ3v) is 4.12. The summed E-state index contributed by atoms with van der Waals surface area (Å²) < 4.78 is 91.8. The summed E-state index contributed by atoms with van der Waals surface area (Å²) in [6.07, 6.45) is -10.0. The minimum absolute atomic E-state index is 0.00236. The number of alkyl halides is 6. The van der Waals surface area contributed by atoms with E-state index in [1.807, 2.05) is 0 Å². The number of carbonyl (C=O) groups excluding carboxylic acids is 2. The summed E-state index contributed by atoms with van der Waals surface area (Å²) in [5, 5.41) is 0. The van der Waals surface area contributed by atoms with Crippen molar-refractivity contribution in [3.63, 3.8) is 0 Å². The molecule has 1 aromatic carbocycles. The molecule has 0 fully saturated rings. The van der Waals surface area contributed by atoms with E-state index in [2.05, 4.69) is 4.74 Å². The van der Waals surface area contributed by atoms with Crippen LogP contribution in [0.1, 0.15) is 45.2 Å². The van der Waals surface area contributed by atoms with Gasteiger partial charge in [-0.2, -0.15) is 26.3 Å². The Labute approximate surface area is 169 Å². The quantitative estimate of drug-likeness (QED) is 0.320. The summed E-state index contributed by atoms with van der Waals surface area (Å²) in [5.41, 5.74) is -4.37. The van der Waals surface area contributed by atoms with Crippen molar-refractivity contribution in [2.24, 2.45) is 5.41 Å². The predicted octanol–water partition coefficient (Wildman–Crippen LogP) is 5.01. The second-order valence-electron chi connectivity index (χ2n) is 7.07. The molecular formula is C19H22F6O5. The molecule has 0 saturated heterocycles. The Morgan fingerprint density at radius 2 is 1.47 bits per heavy atom. The number of hydrogen-bond acceptors (Lipinski definition) is 5. The lowest BCUT2D eigenvalue weighted by Gasteiger charge is -2.26. The van der Waals surface area contributed by atoms with Gasteiger partial charge >= 0.3 is 24.3 Å². The molecule has 0 amide bonds. The third-order valence-electron chi connectivity index (χ3n) is 4.12. The normalized spacial score (nSPS) is 14.4. The number of rotatable bonds is 8. The van der Waals surface area contributed by atoms with Gasteiger partial charge in [-0.3, -0.25) is 4.79 Å². The smallest absolute Gasteiger partial charge is 0.416 e. The van der Waals surface area contributed by atoms with Crippen molar-refractivity contribution in [1.82, 2.24) is 0 Å². The molecule has 0 spiro atoms. The number of esters is 2. The second kappa shape index (κ2) is 9.67. The van der Waals surface area contributed by atoms with Crippen LogP contribution in [0.4, 0.5) is 26.3 Å². The first-order chi connectivity index (χ1) is 13.6. The van der Waals surface area contributed by atoms with Gasteiger partial charge in [0.05, 0.1) is 29.3 Å². The lowest BCUT2D eigenvalue weighted by atomic mass is 9.89. The molecule has 0 N–H and O–H groups in total. The molecule has 1 aromatic rings. The van der Waals surface area contributed by atoms with Crippen LogP contribution in [0.5, 0.6) is 5.75 Å². The van der Waals surface area contributed by atoms with E-state index in [1.54, 1.807) is 20.8 Å². The standard InChI is InChI=1S/C19H22F6O5/c1-5-17(4,10-29-11(2)3)16(27)28-9-15(26)30-14-7-12(18(20,21)22)6-13(8-14)19(23,24)25/h6-8,11H,5,9-10H2,1-4H3. The molecule has 1 rings (SSSR count). The summed E-state index contributed by atoms with van der Waals surface area (Å²) >= 11 is 0. The van der Waals surface area contributed by atoms with Gasteiger partial charge < -0.3 is 14.2 Å². The summed E-state index contributed by atoms with van der Waals surface area (Å²) in [6, 6.07) is 0.405. The number of halogens is 6. The maximum atomic E-state index is 12.8. The molecule has 30 heavy (non-hydrogen) atoms. The average Bonchev–Trinajstić information content (AvgIpc) is 2.62. The summed E-state index contributed by atoms with van der Waals surface area (Å²) in [4.78, 5) is 24.1. The molecule has 0 aliphatic carbocycles. The van der Waals surface area contributed by atoms with Crippen LogP contribution in [0.25, 0.3) is 0 Å². The van der Waals surface area contributed by atoms with Crippen LogP contribution < -0.4 is 4.74 Å². The van der Waals surface area contributed by atoms with Crippen LogP contribution >= 0.6 is 0 Å². The Morgan fingerprint density at radius 3 is 1.87 bits per heavy atom. The zero-order chi connectivity index (χ0) is 23.3. The van der Waals surface area contributed by atoms with Gasteiger partial charge in [0.25, 0.3) is 0 Å². The van der Waals surface area contributed by atoms with Crippen molar-refractivity contribution in [3.8, 4) is 5.75 Å². The van der Waals surface area contributed by atoms with Gasteiger partial charge in [-0.15, -0.1) is 0 Å². The summed E-state index contributed by atoms with van der Waals surface area (Å²) in [6.45, 7) is 5.73. The molecular weight excluding hydrogens is 422 g/mol. The first-order valence-electron chi connectivity index (χ1n) is 8.87. The van der Waals surface area contributed by atoms with E-state index < -0.39 is 53.2 Å². The van der Waals surface area contributed by atoms with Gasteiger partial charge in [0.2, 0.25) is 0 Å². The van der Waals surface area contributed by atoms with Gasteiger partial charge in [0.15, 0.2) is 6.61 Å². The van der Waals surface area contributed by atoms with E-state index in [0.29, 0.717) is 6.42 Å². The predicted molar refractivity (Wildman–Crippen MR) is 92.5 cm³/mol. The van der Waals surface area contributed by atoms with Crippen molar-refractivity contribution in [2.45, 2.75) is 52.6 Å². The highest BCUT2D eigenvalue weighted by Crippen LogP contribution is 2.38. The van der Waals surface area contributed by atoms with E-state index in [9.17, 15) is 35.9 Å². The van der Waals surface area contributed by atoms with Gasteiger partial charge in [-0.1, -0.05) is 6.92 Å². The van der Waals surface area contributed by atoms with Gasteiger partial charge in [-0.25, -0.2) is 4.79 Å². The maximum Gasteiger partial charge on any atom is 0.416 e. The largest absolute Gasteiger partial charge is 0.453 e. The van der Waals surface area contributed by atoms with Crippen molar-refractivity contribution >= 4 is 11.9 Å². The summed E-state index contributed by atoms with van der Waals surface area (Å²) in [5.74, 6) is -3.12. The first-order valence-corrected chi connectivity index (χ1v) is 8.87. The Balaban J connectivity index is 2.89. The zero-order valence-electron chi connectivity index (χ0n) is 16.7. The van der Waals surface area contributed by atoms with Crippen LogP contribution in [-0.4, -0.2) is 31.3 Å². The molecule has 0 aromatic heterocycles. The molecule has 11 heteroatoms. The van der Waals surface area contributed by atoms with Gasteiger partial charge in [0, 0.05) is 0 Å². The van der Waals surface area contributed by atoms with E-state index in [1.165, 1.54) is 6.92 Å². The van der Waals surface area contributed by atoms with Crippen LogP contribution in [0.15, 0.2) is 18.2 Å². The molecule has 0 bridgehead atoms. The van der Waals surface area contributed by atoms with Crippen molar-refractivity contribution < 1.29 is 50.1 Å². The van der Waals surface area contributed by atoms with Crippen LogP contribution in [0.3, 0.4) is 0 Å². The molecule has 1 unspecified atom stereocenters. The van der Waals surface area contributed by atoms with Crippen LogP contribution in [0.2, 0.25) is 0 Å². The minimum Gasteiger partial charge on any atom is -0.453 e. The molecule has 0 radical (unpaired) electrons. The molecule has 0 heterocycles. The highest BCUT2D eigenvalue weighted by atomic mass is 19.4.